The van der Waals surface area contributed by atoms with Gasteiger partial charge < -0.3 is 16.2 Å². The Balaban J connectivity index is 2.12. The molecule has 1 heterocycles. The highest BCUT2D eigenvalue weighted by molar-refractivity contribution is 5.95. The van der Waals surface area contributed by atoms with Crippen molar-refractivity contribution in [1.82, 2.24) is 4.98 Å². The SMILES string of the molecule is NC(C(=O)Nc1ncccc1O)c1ccccc1. The molecular weight excluding hydrogens is 230 g/mol. The zero-order chi connectivity index (χ0) is 13.0. The van der Waals surface area contributed by atoms with Gasteiger partial charge in [0.05, 0.1) is 0 Å². The van der Waals surface area contributed by atoms with Gasteiger partial charge in [0.25, 0.3) is 0 Å². The maximum absolute atomic E-state index is 11.9. The van der Waals surface area contributed by atoms with E-state index in [0.29, 0.717) is 5.56 Å². The molecule has 0 aliphatic carbocycles. The predicted octanol–water partition coefficient (Wildman–Crippen LogP) is 1.43. The number of rotatable bonds is 3. The first-order valence-electron chi connectivity index (χ1n) is 5.44. The number of hydrogen-bond donors (Lipinski definition) is 3. The molecule has 2 rings (SSSR count). The molecule has 5 nitrogen and oxygen atoms in total. The van der Waals surface area contributed by atoms with Crippen molar-refractivity contribution in [2.24, 2.45) is 5.73 Å². The van der Waals surface area contributed by atoms with Crippen LogP contribution in [0.25, 0.3) is 0 Å². The van der Waals surface area contributed by atoms with E-state index in [9.17, 15) is 9.90 Å². The number of carbonyl (C=O) groups excluding carboxylic acids is 1. The van der Waals surface area contributed by atoms with Crippen LogP contribution in [-0.2, 0) is 4.79 Å². The zero-order valence-corrected chi connectivity index (χ0v) is 9.58. The smallest absolute Gasteiger partial charge is 0.247 e. The van der Waals surface area contributed by atoms with Crippen LogP contribution in [0.4, 0.5) is 5.82 Å². The summed E-state index contributed by atoms with van der Waals surface area (Å²) in [6.07, 6.45) is 1.48. The Morgan fingerprint density at radius 3 is 2.61 bits per heavy atom. The molecule has 5 heteroatoms. The lowest BCUT2D eigenvalue weighted by atomic mass is 10.1. The third-order valence-corrected chi connectivity index (χ3v) is 2.47. The minimum Gasteiger partial charge on any atom is -0.504 e. The van der Waals surface area contributed by atoms with Crippen molar-refractivity contribution in [3.63, 3.8) is 0 Å². The van der Waals surface area contributed by atoms with Gasteiger partial charge in [0.1, 0.15) is 6.04 Å². The topological polar surface area (TPSA) is 88.2 Å². The number of benzene rings is 1. The average Bonchev–Trinajstić information content (AvgIpc) is 2.41. The molecule has 92 valence electrons. The maximum atomic E-state index is 11.9. The minimum atomic E-state index is -0.799. The summed E-state index contributed by atoms with van der Waals surface area (Å²) in [5, 5.41) is 12.0. The monoisotopic (exact) mass is 243 g/mol. The number of nitrogens with zero attached hydrogens (tertiary/aromatic N) is 1. The third-order valence-electron chi connectivity index (χ3n) is 2.47. The van der Waals surface area contributed by atoms with E-state index in [1.165, 1.54) is 12.3 Å². The van der Waals surface area contributed by atoms with E-state index in [2.05, 4.69) is 10.3 Å². The molecular formula is C13H13N3O2. The summed E-state index contributed by atoms with van der Waals surface area (Å²) in [5.74, 6) is -0.407. The Morgan fingerprint density at radius 2 is 1.94 bits per heavy atom. The van der Waals surface area contributed by atoms with Crippen LogP contribution in [0.2, 0.25) is 0 Å². The second-order valence-corrected chi connectivity index (χ2v) is 3.75. The number of hydrogen-bond acceptors (Lipinski definition) is 4. The van der Waals surface area contributed by atoms with E-state index in [4.69, 9.17) is 5.73 Å². The number of anilines is 1. The molecule has 0 aliphatic rings. The highest BCUT2D eigenvalue weighted by atomic mass is 16.3. The first-order chi connectivity index (χ1) is 8.68. The molecule has 0 fully saturated rings. The summed E-state index contributed by atoms with van der Waals surface area (Å²) in [4.78, 5) is 15.7. The lowest BCUT2D eigenvalue weighted by Crippen LogP contribution is -2.28. The van der Waals surface area contributed by atoms with Gasteiger partial charge in [-0.05, 0) is 17.7 Å². The molecule has 0 saturated heterocycles. The first kappa shape index (κ1) is 12.1. The van der Waals surface area contributed by atoms with E-state index in [0.717, 1.165) is 0 Å². The van der Waals surface area contributed by atoms with Gasteiger partial charge in [0, 0.05) is 6.20 Å². The van der Waals surface area contributed by atoms with Crippen molar-refractivity contribution in [3.8, 4) is 5.75 Å². The minimum absolute atomic E-state index is 0.0916. The summed E-state index contributed by atoms with van der Waals surface area (Å²) in [6, 6.07) is 11.2. The Morgan fingerprint density at radius 1 is 1.22 bits per heavy atom. The standard InChI is InChI=1S/C13H13N3O2/c14-11(9-5-2-1-3-6-9)13(18)16-12-10(17)7-4-8-15-12/h1-8,11,17H,14H2,(H,15,16,18). The average molecular weight is 243 g/mol. The van der Waals surface area contributed by atoms with Crippen molar-refractivity contribution in [2.75, 3.05) is 5.32 Å². The van der Waals surface area contributed by atoms with Crippen LogP contribution >= 0.6 is 0 Å². The van der Waals surface area contributed by atoms with Crippen LogP contribution in [0.15, 0.2) is 48.7 Å². The van der Waals surface area contributed by atoms with Crippen molar-refractivity contribution >= 4 is 11.7 Å². The molecule has 1 amide bonds. The molecule has 1 atom stereocenters. The second-order valence-electron chi connectivity index (χ2n) is 3.75. The number of nitrogens with one attached hydrogen (secondary N) is 1. The van der Waals surface area contributed by atoms with Gasteiger partial charge in [0.15, 0.2) is 11.6 Å². The third kappa shape index (κ3) is 2.64. The molecule has 1 unspecified atom stereocenters. The fraction of sp³-hybridized carbons (Fsp3) is 0.0769. The van der Waals surface area contributed by atoms with Gasteiger partial charge >= 0.3 is 0 Å². The van der Waals surface area contributed by atoms with Crippen LogP contribution in [0, 0.1) is 0 Å². The van der Waals surface area contributed by atoms with Gasteiger partial charge in [-0.25, -0.2) is 4.98 Å². The van der Waals surface area contributed by atoms with Crippen LogP contribution in [0.5, 0.6) is 5.75 Å². The van der Waals surface area contributed by atoms with E-state index >= 15 is 0 Å². The summed E-state index contributed by atoms with van der Waals surface area (Å²) < 4.78 is 0. The molecule has 1 aromatic carbocycles. The number of aromatic hydroxyl groups is 1. The van der Waals surface area contributed by atoms with E-state index in [-0.39, 0.29) is 11.6 Å². The molecule has 0 aliphatic heterocycles. The lowest BCUT2D eigenvalue weighted by Gasteiger charge is -2.12. The molecule has 1 aromatic heterocycles. The van der Waals surface area contributed by atoms with Crippen molar-refractivity contribution in [3.05, 3.63) is 54.2 Å². The molecule has 0 spiro atoms. The van der Waals surface area contributed by atoms with Gasteiger partial charge in [-0.3, -0.25) is 4.79 Å². The molecule has 0 radical (unpaired) electrons. The summed E-state index contributed by atoms with van der Waals surface area (Å²) >= 11 is 0. The van der Waals surface area contributed by atoms with E-state index < -0.39 is 11.9 Å². The van der Waals surface area contributed by atoms with Crippen LogP contribution in [-0.4, -0.2) is 16.0 Å². The molecule has 0 saturated carbocycles. The molecule has 4 N–H and O–H groups in total. The Bertz CT molecular complexity index is 543. The highest BCUT2D eigenvalue weighted by Crippen LogP contribution is 2.20. The Hall–Kier alpha value is -2.40. The van der Waals surface area contributed by atoms with Gasteiger partial charge in [-0.1, -0.05) is 30.3 Å². The number of pyridine rings is 1. The van der Waals surface area contributed by atoms with Crippen molar-refractivity contribution in [2.45, 2.75) is 6.04 Å². The number of carbonyl (C=O) groups is 1. The van der Waals surface area contributed by atoms with Gasteiger partial charge in [-0.15, -0.1) is 0 Å². The number of amides is 1. The zero-order valence-electron chi connectivity index (χ0n) is 9.58. The Kier molecular flexibility index (Phi) is 3.54. The lowest BCUT2D eigenvalue weighted by molar-refractivity contribution is -0.117. The van der Waals surface area contributed by atoms with Crippen LogP contribution in [0.3, 0.4) is 0 Å². The van der Waals surface area contributed by atoms with E-state index in [1.807, 2.05) is 6.07 Å². The fourth-order valence-corrected chi connectivity index (χ4v) is 1.50. The summed E-state index contributed by atoms with van der Waals surface area (Å²) in [5.41, 5.74) is 6.51. The van der Waals surface area contributed by atoms with Crippen LogP contribution in [0.1, 0.15) is 11.6 Å². The van der Waals surface area contributed by atoms with E-state index in [1.54, 1.807) is 30.3 Å². The number of aromatic nitrogens is 1. The highest BCUT2D eigenvalue weighted by Gasteiger charge is 2.17. The summed E-state index contributed by atoms with van der Waals surface area (Å²) in [6.45, 7) is 0. The van der Waals surface area contributed by atoms with Gasteiger partial charge in [-0.2, -0.15) is 0 Å². The first-order valence-corrected chi connectivity index (χ1v) is 5.44. The number of nitrogens with two attached hydrogens (primary N) is 1. The largest absolute Gasteiger partial charge is 0.504 e. The fourth-order valence-electron chi connectivity index (χ4n) is 1.50. The van der Waals surface area contributed by atoms with Crippen LogP contribution < -0.4 is 11.1 Å². The summed E-state index contributed by atoms with van der Waals surface area (Å²) in [7, 11) is 0. The molecule has 2 aromatic rings. The van der Waals surface area contributed by atoms with Crippen molar-refractivity contribution in [1.29, 1.82) is 0 Å². The second kappa shape index (κ2) is 5.29. The van der Waals surface area contributed by atoms with Crippen molar-refractivity contribution < 1.29 is 9.90 Å². The van der Waals surface area contributed by atoms with Gasteiger partial charge in [0.2, 0.25) is 5.91 Å². The predicted molar refractivity (Wildman–Crippen MR) is 67.9 cm³/mol. The Labute approximate surface area is 104 Å². The quantitative estimate of drug-likeness (QED) is 0.760. The molecule has 0 bridgehead atoms. The maximum Gasteiger partial charge on any atom is 0.247 e. The molecule has 18 heavy (non-hydrogen) atoms. The normalized spacial score (nSPS) is 11.8.